The number of aliphatic hydroxyl groups excluding tert-OH is 1. The number of nitro groups is 1. The molecule has 2 atom stereocenters. The van der Waals surface area contributed by atoms with Gasteiger partial charge in [-0.25, -0.2) is 0 Å². The molecule has 1 aliphatic heterocycles. The molecule has 0 spiro atoms. The topological polar surface area (TPSA) is 75.8 Å². The maximum atomic E-state index is 10.9. The molecule has 2 unspecified atom stereocenters. The first-order chi connectivity index (χ1) is 9.51. The second-order valence-electron chi connectivity index (χ2n) is 5.32. The van der Waals surface area contributed by atoms with E-state index >= 15 is 0 Å². The number of ether oxygens (including phenoxy) is 1. The molecular weight excluding hydrogens is 260 g/mol. The van der Waals surface area contributed by atoms with Crippen molar-refractivity contribution in [3.8, 4) is 5.75 Å². The third-order valence-corrected chi connectivity index (χ3v) is 3.87. The van der Waals surface area contributed by atoms with Crippen molar-refractivity contribution in [2.45, 2.75) is 26.0 Å². The van der Waals surface area contributed by atoms with Crippen molar-refractivity contribution in [1.82, 2.24) is 4.90 Å². The lowest BCUT2D eigenvalue weighted by molar-refractivity contribution is -0.385. The van der Waals surface area contributed by atoms with Gasteiger partial charge in [0, 0.05) is 30.8 Å². The van der Waals surface area contributed by atoms with Crippen LogP contribution in [0.4, 0.5) is 5.69 Å². The SMILES string of the molecule is COc1ccc([N+](=O)[O-])cc1CN1CCC(C)C(O)C1. The summed E-state index contributed by atoms with van der Waals surface area (Å²) in [5.74, 6) is 0.946. The highest BCUT2D eigenvalue weighted by molar-refractivity contribution is 5.43. The molecule has 0 aliphatic carbocycles. The number of benzene rings is 1. The van der Waals surface area contributed by atoms with E-state index in [1.165, 1.54) is 6.07 Å². The third-order valence-electron chi connectivity index (χ3n) is 3.87. The lowest BCUT2D eigenvalue weighted by atomic mass is 9.95. The summed E-state index contributed by atoms with van der Waals surface area (Å²) in [6, 6.07) is 4.61. The van der Waals surface area contributed by atoms with E-state index in [2.05, 4.69) is 4.90 Å². The lowest BCUT2D eigenvalue weighted by Crippen LogP contribution is -2.42. The summed E-state index contributed by atoms with van der Waals surface area (Å²) in [5.41, 5.74) is 0.843. The minimum atomic E-state index is -0.407. The minimum absolute atomic E-state index is 0.0618. The second-order valence-corrected chi connectivity index (χ2v) is 5.32. The Labute approximate surface area is 118 Å². The average Bonchev–Trinajstić information content (AvgIpc) is 2.42. The smallest absolute Gasteiger partial charge is 0.270 e. The van der Waals surface area contributed by atoms with Crippen LogP contribution >= 0.6 is 0 Å². The standard InChI is InChI=1S/C14H20N2O4/c1-10-5-6-15(9-13(10)17)8-11-7-12(16(18)19)3-4-14(11)20-2/h3-4,7,10,13,17H,5-6,8-9H2,1-2H3. The van der Waals surface area contributed by atoms with Crippen molar-refractivity contribution < 1.29 is 14.8 Å². The van der Waals surface area contributed by atoms with Crippen molar-refractivity contribution in [3.63, 3.8) is 0 Å². The molecule has 2 rings (SSSR count). The summed E-state index contributed by atoms with van der Waals surface area (Å²) in [4.78, 5) is 12.5. The molecule has 6 nitrogen and oxygen atoms in total. The van der Waals surface area contributed by atoms with E-state index in [1.807, 2.05) is 6.92 Å². The normalized spacial score (nSPS) is 23.6. The fourth-order valence-corrected chi connectivity index (χ4v) is 2.50. The van der Waals surface area contributed by atoms with Gasteiger partial charge in [-0.3, -0.25) is 15.0 Å². The Morgan fingerprint density at radius 3 is 2.90 bits per heavy atom. The molecule has 1 aromatic carbocycles. The van der Waals surface area contributed by atoms with E-state index in [0.29, 0.717) is 24.8 Å². The number of likely N-dealkylation sites (tertiary alicyclic amines) is 1. The van der Waals surface area contributed by atoms with Gasteiger partial charge in [-0.2, -0.15) is 0 Å². The predicted octanol–water partition coefficient (Wildman–Crippen LogP) is 1.81. The predicted molar refractivity (Wildman–Crippen MR) is 74.7 cm³/mol. The zero-order valence-electron chi connectivity index (χ0n) is 11.8. The highest BCUT2D eigenvalue weighted by atomic mass is 16.6. The monoisotopic (exact) mass is 280 g/mol. The molecule has 0 amide bonds. The number of rotatable bonds is 4. The number of methoxy groups -OCH3 is 1. The molecule has 6 heteroatoms. The average molecular weight is 280 g/mol. The van der Waals surface area contributed by atoms with Gasteiger partial charge in [0.25, 0.3) is 5.69 Å². The Morgan fingerprint density at radius 1 is 1.55 bits per heavy atom. The van der Waals surface area contributed by atoms with Crippen LogP contribution in [-0.4, -0.2) is 41.2 Å². The van der Waals surface area contributed by atoms with Gasteiger partial charge < -0.3 is 9.84 Å². The van der Waals surface area contributed by atoms with E-state index in [4.69, 9.17) is 4.74 Å². The zero-order valence-corrected chi connectivity index (χ0v) is 11.8. The first kappa shape index (κ1) is 14.7. The van der Waals surface area contributed by atoms with Gasteiger partial charge in [0.2, 0.25) is 0 Å². The Kier molecular flexibility index (Phi) is 4.57. The van der Waals surface area contributed by atoms with Gasteiger partial charge in [0.15, 0.2) is 0 Å². The quantitative estimate of drug-likeness (QED) is 0.672. The number of nitrogens with zero attached hydrogens (tertiary/aromatic N) is 2. The van der Waals surface area contributed by atoms with Gasteiger partial charge >= 0.3 is 0 Å². The molecule has 1 saturated heterocycles. The summed E-state index contributed by atoms with van der Waals surface area (Å²) < 4.78 is 5.26. The molecule has 0 saturated carbocycles. The van der Waals surface area contributed by atoms with Crippen LogP contribution in [0.25, 0.3) is 0 Å². The highest BCUT2D eigenvalue weighted by Crippen LogP contribution is 2.27. The molecule has 1 aromatic rings. The van der Waals surface area contributed by atoms with E-state index in [0.717, 1.165) is 18.5 Å². The molecular formula is C14H20N2O4. The Bertz CT molecular complexity index is 492. The number of non-ortho nitro benzene ring substituents is 1. The van der Waals surface area contributed by atoms with Crippen LogP contribution in [0.5, 0.6) is 5.75 Å². The van der Waals surface area contributed by atoms with Crippen LogP contribution < -0.4 is 4.74 Å². The van der Waals surface area contributed by atoms with E-state index in [1.54, 1.807) is 19.2 Å². The van der Waals surface area contributed by atoms with Crippen molar-refractivity contribution in [2.75, 3.05) is 20.2 Å². The van der Waals surface area contributed by atoms with Crippen molar-refractivity contribution in [2.24, 2.45) is 5.92 Å². The third kappa shape index (κ3) is 3.26. The first-order valence-corrected chi connectivity index (χ1v) is 6.73. The summed E-state index contributed by atoms with van der Waals surface area (Å²) in [6.07, 6.45) is 0.590. The molecule has 1 aliphatic rings. The van der Waals surface area contributed by atoms with E-state index in [-0.39, 0.29) is 11.8 Å². The number of hydrogen-bond acceptors (Lipinski definition) is 5. The maximum Gasteiger partial charge on any atom is 0.270 e. The van der Waals surface area contributed by atoms with Crippen molar-refractivity contribution in [1.29, 1.82) is 0 Å². The Balaban J connectivity index is 2.15. The number of aliphatic hydroxyl groups is 1. The van der Waals surface area contributed by atoms with Gasteiger partial charge in [-0.1, -0.05) is 6.92 Å². The highest BCUT2D eigenvalue weighted by Gasteiger charge is 2.25. The van der Waals surface area contributed by atoms with Crippen LogP contribution in [0.15, 0.2) is 18.2 Å². The maximum absolute atomic E-state index is 10.9. The molecule has 20 heavy (non-hydrogen) atoms. The largest absolute Gasteiger partial charge is 0.496 e. The summed E-state index contributed by atoms with van der Waals surface area (Å²) >= 11 is 0. The van der Waals surface area contributed by atoms with Gasteiger partial charge in [-0.15, -0.1) is 0 Å². The van der Waals surface area contributed by atoms with Gasteiger partial charge in [-0.05, 0) is 24.9 Å². The Hall–Kier alpha value is -1.66. The Morgan fingerprint density at radius 2 is 2.30 bits per heavy atom. The summed E-state index contributed by atoms with van der Waals surface area (Å²) in [7, 11) is 1.55. The van der Waals surface area contributed by atoms with Crippen molar-refractivity contribution in [3.05, 3.63) is 33.9 Å². The lowest BCUT2D eigenvalue weighted by Gasteiger charge is -2.34. The number of hydrogen-bond donors (Lipinski definition) is 1. The molecule has 1 heterocycles. The van der Waals surface area contributed by atoms with Gasteiger partial charge in [0.1, 0.15) is 5.75 Å². The number of piperidine rings is 1. The van der Waals surface area contributed by atoms with Crippen molar-refractivity contribution >= 4 is 5.69 Å². The molecule has 0 bridgehead atoms. The fraction of sp³-hybridized carbons (Fsp3) is 0.571. The second kappa shape index (κ2) is 6.19. The molecule has 1 N–H and O–H groups in total. The van der Waals surface area contributed by atoms with Crippen LogP contribution in [-0.2, 0) is 6.54 Å². The van der Waals surface area contributed by atoms with Crippen LogP contribution in [0, 0.1) is 16.0 Å². The minimum Gasteiger partial charge on any atom is -0.496 e. The zero-order chi connectivity index (χ0) is 14.7. The fourth-order valence-electron chi connectivity index (χ4n) is 2.50. The van der Waals surface area contributed by atoms with Crippen LogP contribution in [0.3, 0.4) is 0 Å². The summed E-state index contributed by atoms with van der Waals surface area (Å²) in [6.45, 7) is 4.06. The molecule has 1 fully saturated rings. The molecule has 0 radical (unpaired) electrons. The summed E-state index contributed by atoms with van der Waals surface area (Å²) in [5, 5.41) is 20.8. The number of nitro benzene ring substituents is 1. The van der Waals surface area contributed by atoms with Crippen LogP contribution in [0.1, 0.15) is 18.9 Å². The van der Waals surface area contributed by atoms with Crippen LogP contribution in [0.2, 0.25) is 0 Å². The van der Waals surface area contributed by atoms with E-state index in [9.17, 15) is 15.2 Å². The van der Waals surface area contributed by atoms with Gasteiger partial charge in [0.05, 0.1) is 18.1 Å². The first-order valence-electron chi connectivity index (χ1n) is 6.73. The molecule has 0 aromatic heterocycles. The van der Waals surface area contributed by atoms with E-state index < -0.39 is 4.92 Å². The number of β-amino-alcohol motifs (C(OH)–C–C–N with tert-alkyl or cyclic N) is 1. The molecule has 110 valence electrons.